The maximum atomic E-state index is 4.80. The van der Waals surface area contributed by atoms with Crippen molar-refractivity contribution in [1.29, 1.82) is 0 Å². The molecule has 2 heterocycles. The van der Waals surface area contributed by atoms with Crippen LogP contribution in [0.4, 0.5) is 0 Å². The van der Waals surface area contributed by atoms with Gasteiger partial charge < -0.3 is 0 Å². The second-order valence-corrected chi connectivity index (χ2v) is 5.44. The van der Waals surface area contributed by atoms with Crippen LogP contribution in [0.15, 0.2) is 36.7 Å². The summed E-state index contributed by atoms with van der Waals surface area (Å²) in [6.45, 7) is 4.11. The summed E-state index contributed by atoms with van der Waals surface area (Å²) in [5.74, 6) is 0. The van der Waals surface area contributed by atoms with Gasteiger partial charge in [0.05, 0.1) is 11.4 Å². The Morgan fingerprint density at radius 3 is 1.53 bits per heavy atom. The van der Waals surface area contributed by atoms with E-state index in [1.165, 1.54) is 11.1 Å². The van der Waals surface area contributed by atoms with Gasteiger partial charge in [0.15, 0.2) is 0 Å². The van der Waals surface area contributed by atoms with Crippen LogP contribution in [0.5, 0.6) is 0 Å². The zero-order valence-corrected chi connectivity index (χ0v) is 12.2. The van der Waals surface area contributed by atoms with Gasteiger partial charge in [-0.15, -0.1) is 0 Å². The molecule has 0 fully saturated rings. The molecule has 0 saturated heterocycles. The second kappa shape index (κ2) is 7.67. The molecule has 2 aromatic heterocycles. The fourth-order valence-electron chi connectivity index (χ4n) is 1.35. The number of nitrogens with zero attached hydrogens (tertiary/aromatic N) is 2. The van der Waals surface area contributed by atoms with Gasteiger partial charge in [0.2, 0.25) is 0 Å². The summed E-state index contributed by atoms with van der Waals surface area (Å²) in [7, 11) is 9.59. The molecular formula is C12H12Cl2MnN2. The van der Waals surface area contributed by atoms with Crippen LogP contribution in [0.2, 0.25) is 0 Å². The van der Waals surface area contributed by atoms with Crippen LogP contribution in [-0.4, -0.2) is 9.97 Å². The number of hydrogen-bond acceptors (Lipinski definition) is 2. The minimum atomic E-state index is 0.00694. The Morgan fingerprint density at radius 2 is 1.24 bits per heavy atom. The van der Waals surface area contributed by atoms with Crippen LogP contribution in [0.1, 0.15) is 11.1 Å². The Hall–Kier alpha value is -0.601. The van der Waals surface area contributed by atoms with Gasteiger partial charge in [-0.2, -0.15) is 0 Å². The number of hydrogen-bond donors (Lipinski definition) is 0. The first-order chi connectivity index (χ1) is 8.17. The van der Waals surface area contributed by atoms with Gasteiger partial charge >= 0.3 is 33.3 Å². The van der Waals surface area contributed by atoms with Crippen molar-refractivity contribution in [1.82, 2.24) is 9.97 Å². The number of halogens is 2. The molecular weight excluding hydrogens is 298 g/mol. The van der Waals surface area contributed by atoms with E-state index in [1.54, 1.807) is 0 Å². The van der Waals surface area contributed by atoms with Crippen molar-refractivity contribution >= 4 is 20.2 Å². The Balaban J connectivity index is 0.000000437. The molecule has 0 radical (unpaired) electrons. The van der Waals surface area contributed by atoms with Crippen LogP contribution in [0.3, 0.4) is 0 Å². The molecule has 0 atom stereocenters. The first-order valence-electron chi connectivity index (χ1n) is 4.90. The van der Waals surface area contributed by atoms with Crippen LogP contribution in [0.25, 0.3) is 11.4 Å². The summed E-state index contributed by atoms with van der Waals surface area (Å²) < 4.78 is 0. The molecule has 0 aliphatic heterocycles. The first-order valence-corrected chi connectivity index (χ1v) is 8.15. The van der Waals surface area contributed by atoms with E-state index in [9.17, 15) is 0 Å². The summed E-state index contributed by atoms with van der Waals surface area (Å²) in [5, 5.41) is 0. The molecule has 2 nitrogen and oxygen atoms in total. The van der Waals surface area contributed by atoms with Gasteiger partial charge in [0.25, 0.3) is 0 Å². The fourth-order valence-corrected chi connectivity index (χ4v) is 1.35. The molecule has 91 valence electrons. The van der Waals surface area contributed by atoms with Crippen molar-refractivity contribution in [2.45, 2.75) is 13.8 Å². The maximum absolute atomic E-state index is 4.80. The fraction of sp³-hybridized carbons (Fsp3) is 0.167. The summed E-state index contributed by atoms with van der Waals surface area (Å²) in [4.78, 5) is 8.58. The Morgan fingerprint density at radius 1 is 0.882 bits per heavy atom. The van der Waals surface area contributed by atoms with E-state index in [0.717, 1.165) is 11.4 Å². The molecule has 0 unspecified atom stereocenters. The second-order valence-electron chi connectivity index (χ2n) is 3.49. The summed E-state index contributed by atoms with van der Waals surface area (Å²) in [5.41, 5.74) is 4.29. The van der Waals surface area contributed by atoms with E-state index in [-0.39, 0.29) is 13.1 Å². The van der Waals surface area contributed by atoms with Crippen LogP contribution in [-0.2, 0) is 13.1 Å². The van der Waals surface area contributed by atoms with Crippen molar-refractivity contribution in [3.05, 3.63) is 47.8 Å². The monoisotopic (exact) mass is 309 g/mol. The standard InChI is InChI=1S/C12H12N2.2ClH.Mn/c1-9-3-5-13-11(7-9)12-8-10(2)4-6-14-12;;;/h3-8H,1-2H3;2*1H;/q;;;+2/p-2. The number of aromatic nitrogens is 2. The Labute approximate surface area is 116 Å². The topological polar surface area (TPSA) is 25.8 Å². The third-order valence-electron chi connectivity index (χ3n) is 2.09. The molecule has 0 aliphatic carbocycles. The molecule has 5 heteroatoms. The van der Waals surface area contributed by atoms with Gasteiger partial charge in [-0.3, -0.25) is 9.97 Å². The SMILES string of the molecule is Cc1ccnc(-c2cc(C)ccn2)c1.[Cl][Mn][Cl]. The van der Waals surface area contributed by atoms with Crippen molar-refractivity contribution in [2.24, 2.45) is 0 Å². The summed E-state index contributed by atoms with van der Waals surface area (Å²) in [6.07, 6.45) is 3.63. The van der Waals surface area contributed by atoms with Crippen LogP contribution in [0, 0.1) is 13.8 Å². The molecule has 2 aromatic rings. The average molecular weight is 310 g/mol. The normalized spacial score (nSPS) is 9.41. The Bertz CT molecular complexity index is 434. The zero-order valence-electron chi connectivity index (χ0n) is 9.49. The predicted molar refractivity (Wildman–Crippen MR) is 68.6 cm³/mol. The van der Waals surface area contributed by atoms with Gasteiger partial charge in [-0.1, -0.05) is 0 Å². The summed E-state index contributed by atoms with van der Waals surface area (Å²) >= 11 is 0.00694. The van der Waals surface area contributed by atoms with Crippen LogP contribution >= 0.6 is 20.2 Å². The molecule has 0 saturated carbocycles. The van der Waals surface area contributed by atoms with Crippen molar-refractivity contribution in [2.75, 3.05) is 0 Å². The van der Waals surface area contributed by atoms with E-state index < -0.39 is 0 Å². The number of rotatable bonds is 1. The molecule has 2 rings (SSSR count). The van der Waals surface area contributed by atoms with E-state index in [4.69, 9.17) is 20.2 Å². The quantitative estimate of drug-likeness (QED) is 0.740. The first kappa shape index (κ1) is 14.5. The van der Waals surface area contributed by atoms with Crippen molar-refractivity contribution in [3.63, 3.8) is 0 Å². The van der Waals surface area contributed by atoms with Crippen molar-refractivity contribution < 1.29 is 13.1 Å². The van der Waals surface area contributed by atoms with Crippen LogP contribution < -0.4 is 0 Å². The number of pyridine rings is 2. The Kier molecular flexibility index (Phi) is 6.53. The molecule has 0 aromatic carbocycles. The van der Waals surface area contributed by atoms with Gasteiger partial charge in [0, 0.05) is 12.4 Å². The van der Waals surface area contributed by atoms with Gasteiger partial charge in [0.1, 0.15) is 0 Å². The van der Waals surface area contributed by atoms with E-state index in [2.05, 4.69) is 23.8 Å². The number of aryl methyl sites for hydroxylation is 2. The van der Waals surface area contributed by atoms with Gasteiger partial charge in [-0.05, 0) is 49.2 Å². The predicted octanol–water partition coefficient (Wildman–Crippen LogP) is 4.14. The summed E-state index contributed by atoms with van der Waals surface area (Å²) in [6, 6.07) is 8.06. The zero-order chi connectivity index (χ0) is 12.7. The molecule has 0 N–H and O–H groups in total. The molecule has 0 aliphatic rings. The molecule has 0 amide bonds. The third kappa shape index (κ3) is 5.05. The van der Waals surface area contributed by atoms with E-state index in [1.807, 2.05) is 36.7 Å². The van der Waals surface area contributed by atoms with E-state index >= 15 is 0 Å². The minimum absolute atomic E-state index is 0.00694. The molecule has 0 spiro atoms. The van der Waals surface area contributed by atoms with Crippen molar-refractivity contribution in [3.8, 4) is 11.4 Å². The van der Waals surface area contributed by atoms with E-state index in [0.29, 0.717) is 0 Å². The molecule has 17 heavy (non-hydrogen) atoms. The molecule has 0 bridgehead atoms. The van der Waals surface area contributed by atoms with Gasteiger partial charge in [-0.25, -0.2) is 0 Å². The average Bonchev–Trinajstić information content (AvgIpc) is 2.30. The third-order valence-corrected chi connectivity index (χ3v) is 2.09.